The van der Waals surface area contributed by atoms with Crippen LogP contribution in [0.3, 0.4) is 0 Å². The van der Waals surface area contributed by atoms with Gasteiger partial charge in [0.1, 0.15) is 9.96 Å². The highest BCUT2D eigenvalue weighted by Crippen LogP contribution is 2.21. The molecular weight excluding hydrogens is 302 g/mol. The Morgan fingerprint density at radius 1 is 1.30 bits per heavy atom. The van der Waals surface area contributed by atoms with E-state index in [9.17, 15) is 18.3 Å². The van der Waals surface area contributed by atoms with Gasteiger partial charge in [-0.1, -0.05) is 18.2 Å². The number of sulfonamides is 1. The predicted octanol–water partition coefficient (Wildman–Crippen LogP) is 1.63. The van der Waals surface area contributed by atoms with Gasteiger partial charge in [-0.2, -0.15) is 0 Å². The van der Waals surface area contributed by atoms with Gasteiger partial charge in [0.15, 0.2) is 0 Å². The lowest BCUT2D eigenvalue weighted by Crippen LogP contribution is -2.22. The maximum absolute atomic E-state index is 12.0. The first kappa shape index (κ1) is 14.5. The number of carboxylic acids is 1. The first-order valence-corrected chi connectivity index (χ1v) is 7.85. The Balaban J connectivity index is 2.15. The van der Waals surface area contributed by atoms with E-state index >= 15 is 0 Å². The standard InChI is InChI=1S/C12H11NO5S2/c14-10-4-2-1-3-8(10)6-13-20(17,18)11-5-9(7-19-11)12(15)16/h1-5,7,13-14H,6H2,(H,15,16). The van der Waals surface area contributed by atoms with Gasteiger partial charge in [0.2, 0.25) is 10.0 Å². The van der Waals surface area contributed by atoms with Crippen molar-refractivity contribution in [1.29, 1.82) is 0 Å². The van der Waals surface area contributed by atoms with E-state index in [-0.39, 0.29) is 22.1 Å². The van der Waals surface area contributed by atoms with Crippen molar-refractivity contribution in [3.05, 3.63) is 46.8 Å². The fraction of sp³-hybridized carbons (Fsp3) is 0.0833. The Hall–Kier alpha value is -1.90. The van der Waals surface area contributed by atoms with Crippen molar-refractivity contribution in [2.45, 2.75) is 10.8 Å². The molecule has 2 aromatic rings. The number of carboxylic acid groups (broad SMARTS) is 1. The number of hydrogen-bond acceptors (Lipinski definition) is 5. The van der Waals surface area contributed by atoms with E-state index in [4.69, 9.17) is 5.11 Å². The zero-order chi connectivity index (χ0) is 14.8. The summed E-state index contributed by atoms with van der Waals surface area (Å²) in [7, 11) is -3.79. The summed E-state index contributed by atoms with van der Waals surface area (Å²) in [6.07, 6.45) is 0. The maximum Gasteiger partial charge on any atom is 0.336 e. The molecule has 1 aromatic carbocycles. The molecule has 0 aliphatic rings. The first-order valence-electron chi connectivity index (χ1n) is 5.48. The number of nitrogens with one attached hydrogen (secondary N) is 1. The Morgan fingerprint density at radius 2 is 2.00 bits per heavy atom. The van der Waals surface area contributed by atoms with E-state index < -0.39 is 16.0 Å². The van der Waals surface area contributed by atoms with E-state index in [1.165, 1.54) is 11.4 Å². The number of aromatic carboxylic acids is 1. The van der Waals surface area contributed by atoms with Crippen molar-refractivity contribution >= 4 is 27.3 Å². The van der Waals surface area contributed by atoms with Crippen molar-refractivity contribution in [3.63, 3.8) is 0 Å². The van der Waals surface area contributed by atoms with Gasteiger partial charge in [-0.05, 0) is 12.1 Å². The minimum atomic E-state index is -3.79. The number of phenols is 1. The van der Waals surface area contributed by atoms with Gasteiger partial charge in [0.25, 0.3) is 0 Å². The summed E-state index contributed by atoms with van der Waals surface area (Å²) in [6.45, 7) is -0.0741. The predicted molar refractivity (Wildman–Crippen MR) is 73.4 cm³/mol. The molecule has 0 aliphatic heterocycles. The molecule has 1 heterocycles. The lowest BCUT2D eigenvalue weighted by Gasteiger charge is -2.06. The van der Waals surface area contributed by atoms with E-state index in [1.54, 1.807) is 18.2 Å². The van der Waals surface area contributed by atoms with Gasteiger partial charge in [-0.25, -0.2) is 17.9 Å². The van der Waals surface area contributed by atoms with Crippen molar-refractivity contribution in [1.82, 2.24) is 4.72 Å². The smallest absolute Gasteiger partial charge is 0.336 e. The fourth-order valence-corrected chi connectivity index (χ4v) is 3.68. The lowest BCUT2D eigenvalue weighted by atomic mass is 10.2. The number of thiophene rings is 1. The summed E-state index contributed by atoms with van der Waals surface area (Å²) in [5.74, 6) is -1.18. The zero-order valence-corrected chi connectivity index (χ0v) is 11.7. The van der Waals surface area contributed by atoms with E-state index in [1.807, 2.05) is 0 Å². The average molecular weight is 313 g/mol. The molecule has 20 heavy (non-hydrogen) atoms. The Morgan fingerprint density at radius 3 is 2.60 bits per heavy atom. The third-order valence-electron chi connectivity index (χ3n) is 2.53. The van der Waals surface area contributed by atoms with E-state index in [0.29, 0.717) is 5.56 Å². The van der Waals surface area contributed by atoms with Crippen LogP contribution in [0.4, 0.5) is 0 Å². The number of benzene rings is 1. The largest absolute Gasteiger partial charge is 0.508 e. The molecule has 0 bridgehead atoms. The van der Waals surface area contributed by atoms with Crippen LogP contribution in [0.25, 0.3) is 0 Å². The quantitative estimate of drug-likeness (QED) is 0.778. The summed E-state index contributed by atoms with van der Waals surface area (Å²) in [5.41, 5.74) is 0.365. The van der Waals surface area contributed by atoms with Crippen LogP contribution in [0.2, 0.25) is 0 Å². The van der Waals surface area contributed by atoms with Gasteiger partial charge < -0.3 is 10.2 Å². The molecular formula is C12H11NO5S2. The van der Waals surface area contributed by atoms with Gasteiger partial charge in [-0.3, -0.25) is 0 Å². The number of aromatic hydroxyl groups is 1. The van der Waals surface area contributed by atoms with Crippen LogP contribution in [-0.4, -0.2) is 24.6 Å². The summed E-state index contributed by atoms with van der Waals surface area (Å²) in [4.78, 5) is 10.7. The molecule has 0 amide bonds. The molecule has 6 nitrogen and oxygen atoms in total. The molecule has 3 N–H and O–H groups in total. The van der Waals surface area contributed by atoms with Crippen molar-refractivity contribution < 1.29 is 23.4 Å². The van der Waals surface area contributed by atoms with E-state index in [2.05, 4.69) is 4.72 Å². The highest BCUT2D eigenvalue weighted by atomic mass is 32.2. The van der Waals surface area contributed by atoms with Crippen molar-refractivity contribution in [2.24, 2.45) is 0 Å². The molecule has 8 heteroatoms. The molecule has 0 atom stereocenters. The topological polar surface area (TPSA) is 104 Å². The van der Waals surface area contributed by atoms with Crippen LogP contribution in [-0.2, 0) is 16.6 Å². The Labute approximate surface area is 119 Å². The molecule has 0 spiro atoms. The Bertz CT molecular complexity index is 736. The van der Waals surface area contributed by atoms with E-state index in [0.717, 1.165) is 17.4 Å². The summed E-state index contributed by atoms with van der Waals surface area (Å²) in [6, 6.07) is 7.45. The third-order valence-corrected chi connectivity index (χ3v) is 5.37. The minimum absolute atomic E-state index is 0.00685. The second-order valence-corrected chi connectivity index (χ2v) is 6.82. The van der Waals surface area contributed by atoms with Crippen LogP contribution in [0.15, 0.2) is 39.9 Å². The molecule has 106 valence electrons. The highest BCUT2D eigenvalue weighted by molar-refractivity contribution is 7.91. The van der Waals surface area contributed by atoms with Crippen molar-refractivity contribution in [3.8, 4) is 5.75 Å². The van der Waals surface area contributed by atoms with Crippen LogP contribution < -0.4 is 4.72 Å². The highest BCUT2D eigenvalue weighted by Gasteiger charge is 2.19. The summed E-state index contributed by atoms with van der Waals surface area (Å²) < 4.78 is 26.2. The minimum Gasteiger partial charge on any atom is -0.508 e. The van der Waals surface area contributed by atoms with Gasteiger partial charge in [0, 0.05) is 17.5 Å². The fourth-order valence-electron chi connectivity index (χ4n) is 1.47. The Kier molecular flexibility index (Phi) is 4.07. The van der Waals surface area contributed by atoms with Crippen LogP contribution in [0, 0.1) is 0 Å². The molecule has 0 fully saturated rings. The number of carbonyl (C=O) groups is 1. The average Bonchev–Trinajstić information content (AvgIpc) is 2.88. The van der Waals surface area contributed by atoms with Gasteiger partial charge >= 0.3 is 5.97 Å². The van der Waals surface area contributed by atoms with Gasteiger partial charge in [-0.15, -0.1) is 11.3 Å². The second-order valence-electron chi connectivity index (χ2n) is 3.91. The second kappa shape index (κ2) is 5.61. The number of hydrogen-bond donors (Lipinski definition) is 3. The normalized spacial score (nSPS) is 11.4. The number of phenolic OH excluding ortho intramolecular Hbond substituents is 1. The zero-order valence-electron chi connectivity index (χ0n) is 10.1. The molecule has 0 radical (unpaired) electrons. The van der Waals surface area contributed by atoms with Crippen LogP contribution in [0.1, 0.15) is 15.9 Å². The molecule has 2 rings (SSSR count). The third kappa shape index (κ3) is 3.16. The summed E-state index contributed by atoms with van der Waals surface area (Å²) in [5, 5.41) is 19.6. The monoisotopic (exact) mass is 313 g/mol. The molecule has 0 unspecified atom stereocenters. The van der Waals surface area contributed by atoms with Crippen molar-refractivity contribution in [2.75, 3.05) is 0 Å². The van der Waals surface area contributed by atoms with Crippen LogP contribution >= 0.6 is 11.3 Å². The molecule has 0 saturated carbocycles. The molecule has 0 aliphatic carbocycles. The first-order chi connectivity index (χ1) is 9.40. The number of rotatable bonds is 5. The SMILES string of the molecule is O=C(O)c1csc(S(=O)(=O)NCc2ccccc2O)c1. The lowest BCUT2D eigenvalue weighted by molar-refractivity contribution is 0.0697. The number of para-hydroxylation sites is 1. The summed E-state index contributed by atoms with van der Waals surface area (Å²) >= 11 is 0.830. The molecule has 0 saturated heterocycles. The molecule has 1 aromatic heterocycles. The van der Waals surface area contributed by atoms with Crippen LogP contribution in [0.5, 0.6) is 5.75 Å². The van der Waals surface area contributed by atoms with Gasteiger partial charge in [0.05, 0.1) is 5.56 Å². The maximum atomic E-state index is 12.0.